The van der Waals surface area contributed by atoms with Gasteiger partial charge in [0.1, 0.15) is 11.6 Å². The van der Waals surface area contributed by atoms with Crippen LogP contribution in [0.1, 0.15) is 39.2 Å². The number of rotatable bonds is 6. The summed E-state index contributed by atoms with van der Waals surface area (Å²) in [6, 6.07) is 9.17. The smallest absolute Gasteiger partial charge is 0.407 e. The first-order chi connectivity index (χ1) is 11.7. The lowest BCUT2D eigenvalue weighted by atomic mass is 10.1. The van der Waals surface area contributed by atoms with Gasteiger partial charge in [0.2, 0.25) is 0 Å². The van der Waals surface area contributed by atoms with Gasteiger partial charge in [-0.2, -0.15) is 0 Å². The highest BCUT2D eigenvalue weighted by atomic mass is 16.6. The maximum absolute atomic E-state index is 12.2. The molecule has 2 rings (SSSR count). The lowest BCUT2D eigenvalue weighted by Crippen LogP contribution is -2.49. The van der Waals surface area contributed by atoms with Crippen LogP contribution in [0.2, 0.25) is 0 Å². The van der Waals surface area contributed by atoms with Crippen molar-refractivity contribution in [2.75, 3.05) is 13.1 Å². The maximum atomic E-state index is 12.2. The Bertz CT molecular complexity index is 583. The van der Waals surface area contributed by atoms with Gasteiger partial charge in [-0.1, -0.05) is 30.3 Å². The second-order valence-electron chi connectivity index (χ2n) is 7.52. The molecule has 138 valence electrons. The van der Waals surface area contributed by atoms with Gasteiger partial charge in [-0.05, 0) is 52.1 Å². The van der Waals surface area contributed by atoms with Crippen molar-refractivity contribution in [2.24, 2.45) is 0 Å². The molecule has 1 fully saturated rings. The fourth-order valence-electron chi connectivity index (χ4n) is 3.14. The predicted octanol–water partition coefficient (Wildman–Crippen LogP) is 2.67. The first-order valence-electron chi connectivity index (χ1n) is 8.75. The molecule has 0 radical (unpaired) electrons. The average Bonchev–Trinajstić information content (AvgIpc) is 2.94. The van der Waals surface area contributed by atoms with Crippen LogP contribution in [0.3, 0.4) is 0 Å². The average molecular weight is 348 g/mol. The highest BCUT2D eigenvalue weighted by molar-refractivity contribution is 5.73. The number of likely N-dealkylation sites (tertiary alicyclic amines) is 1. The van der Waals surface area contributed by atoms with Crippen molar-refractivity contribution in [2.45, 2.75) is 57.7 Å². The number of nitrogens with zero attached hydrogens (tertiary/aromatic N) is 1. The molecule has 1 aliphatic heterocycles. The molecule has 6 nitrogen and oxygen atoms in total. The van der Waals surface area contributed by atoms with E-state index in [9.17, 15) is 14.7 Å². The van der Waals surface area contributed by atoms with Crippen molar-refractivity contribution >= 4 is 12.1 Å². The number of hydrogen-bond donors (Lipinski definition) is 2. The minimum Gasteiger partial charge on any atom is -0.480 e. The largest absolute Gasteiger partial charge is 0.480 e. The Hall–Kier alpha value is -2.08. The Kier molecular flexibility index (Phi) is 6.42. The number of carbonyl (C=O) groups is 2. The van der Waals surface area contributed by atoms with Gasteiger partial charge in [-0.15, -0.1) is 0 Å². The van der Waals surface area contributed by atoms with E-state index in [-0.39, 0.29) is 6.04 Å². The molecule has 0 bridgehead atoms. The third-order valence-electron chi connectivity index (χ3n) is 4.15. The van der Waals surface area contributed by atoms with Gasteiger partial charge < -0.3 is 15.2 Å². The van der Waals surface area contributed by atoms with Crippen molar-refractivity contribution in [3.8, 4) is 0 Å². The van der Waals surface area contributed by atoms with Crippen LogP contribution in [-0.4, -0.2) is 52.8 Å². The summed E-state index contributed by atoms with van der Waals surface area (Å²) < 4.78 is 5.36. The highest BCUT2D eigenvalue weighted by Gasteiger charge is 2.32. The number of carboxylic acids is 1. The molecule has 1 amide bonds. The molecule has 1 aliphatic rings. The molecule has 1 aromatic carbocycles. The molecule has 1 aromatic rings. The zero-order chi connectivity index (χ0) is 18.4. The van der Waals surface area contributed by atoms with Gasteiger partial charge in [0, 0.05) is 12.6 Å². The van der Waals surface area contributed by atoms with E-state index in [1.165, 1.54) is 0 Å². The lowest BCUT2D eigenvalue weighted by molar-refractivity contribution is -0.142. The van der Waals surface area contributed by atoms with Gasteiger partial charge in [0.05, 0.1) is 0 Å². The molecule has 6 heteroatoms. The molecule has 1 saturated heterocycles. The van der Waals surface area contributed by atoms with Crippen LogP contribution in [0.5, 0.6) is 0 Å². The Balaban J connectivity index is 2.06. The zero-order valence-corrected chi connectivity index (χ0v) is 15.2. The molecule has 0 unspecified atom stereocenters. The fourth-order valence-corrected chi connectivity index (χ4v) is 3.14. The maximum Gasteiger partial charge on any atom is 0.407 e. The van der Waals surface area contributed by atoms with Crippen molar-refractivity contribution in [1.82, 2.24) is 10.2 Å². The van der Waals surface area contributed by atoms with E-state index in [2.05, 4.69) is 5.32 Å². The van der Waals surface area contributed by atoms with Gasteiger partial charge in [-0.3, -0.25) is 9.69 Å². The van der Waals surface area contributed by atoms with Crippen LogP contribution in [-0.2, 0) is 16.0 Å². The normalized spacial score (nSPS) is 19.4. The number of benzene rings is 1. The number of aliphatic carboxylic acids is 1. The second-order valence-corrected chi connectivity index (χ2v) is 7.52. The standard InChI is InChI=1S/C19H28N2O4/c1-19(2,3)25-18(24)20-15(12-14-8-5-4-6-9-14)13-21-11-7-10-16(21)17(22)23/h4-6,8-9,15-16H,7,10-13H2,1-3H3,(H,20,24)(H,22,23)/t15-,16-/m0/s1. The number of alkyl carbamates (subject to hydrolysis) is 1. The molecule has 0 aromatic heterocycles. The van der Waals surface area contributed by atoms with Crippen LogP contribution in [0.4, 0.5) is 4.79 Å². The Morgan fingerprint density at radius 2 is 2.00 bits per heavy atom. The molecular weight excluding hydrogens is 320 g/mol. The Morgan fingerprint density at radius 1 is 1.32 bits per heavy atom. The van der Waals surface area contributed by atoms with E-state index >= 15 is 0 Å². The summed E-state index contributed by atoms with van der Waals surface area (Å²) in [6.07, 6.45) is 1.67. The quantitative estimate of drug-likeness (QED) is 0.826. The van der Waals surface area contributed by atoms with E-state index in [1.54, 1.807) is 0 Å². The molecule has 25 heavy (non-hydrogen) atoms. The fraction of sp³-hybridized carbons (Fsp3) is 0.579. The van der Waals surface area contributed by atoms with Crippen LogP contribution < -0.4 is 5.32 Å². The third kappa shape index (κ3) is 6.38. The molecule has 2 atom stereocenters. The molecule has 1 heterocycles. The minimum absolute atomic E-state index is 0.211. The van der Waals surface area contributed by atoms with Gasteiger partial charge in [0.25, 0.3) is 0 Å². The number of amides is 1. The summed E-state index contributed by atoms with van der Waals surface area (Å²) in [6.45, 7) is 6.68. The highest BCUT2D eigenvalue weighted by Crippen LogP contribution is 2.19. The van der Waals surface area contributed by atoms with Crippen LogP contribution in [0.15, 0.2) is 30.3 Å². The van der Waals surface area contributed by atoms with Crippen molar-refractivity contribution in [1.29, 1.82) is 0 Å². The molecule has 2 N–H and O–H groups in total. The van der Waals surface area contributed by atoms with E-state index in [1.807, 2.05) is 56.0 Å². The molecule has 0 spiro atoms. The van der Waals surface area contributed by atoms with Crippen LogP contribution in [0.25, 0.3) is 0 Å². The summed E-state index contributed by atoms with van der Waals surface area (Å²) in [5, 5.41) is 12.3. The van der Waals surface area contributed by atoms with Crippen molar-refractivity contribution < 1.29 is 19.4 Å². The lowest BCUT2D eigenvalue weighted by Gasteiger charge is -2.29. The molecule has 0 saturated carbocycles. The van der Waals surface area contributed by atoms with Crippen molar-refractivity contribution in [3.05, 3.63) is 35.9 Å². The van der Waals surface area contributed by atoms with Gasteiger partial charge >= 0.3 is 12.1 Å². The first-order valence-corrected chi connectivity index (χ1v) is 8.75. The molecule has 0 aliphatic carbocycles. The Morgan fingerprint density at radius 3 is 2.60 bits per heavy atom. The van der Waals surface area contributed by atoms with E-state index < -0.39 is 23.7 Å². The summed E-state index contributed by atoms with van der Waals surface area (Å²) in [5.41, 5.74) is 0.521. The summed E-state index contributed by atoms with van der Waals surface area (Å²) in [4.78, 5) is 25.5. The number of ether oxygens (including phenoxy) is 1. The Labute approximate surface area is 149 Å². The third-order valence-corrected chi connectivity index (χ3v) is 4.15. The van der Waals surface area contributed by atoms with E-state index in [0.29, 0.717) is 19.4 Å². The van der Waals surface area contributed by atoms with Crippen LogP contribution >= 0.6 is 0 Å². The first kappa shape index (κ1) is 19.2. The number of carboxylic acid groups (broad SMARTS) is 1. The van der Waals surface area contributed by atoms with E-state index in [4.69, 9.17) is 4.74 Å². The number of nitrogens with one attached hydrogen (secondary N) is 1. The SMILES string of the molecule is CC(C)(C)OC(=O)N[C@@H](Cc1ccccc1)CN1CCC[C@H]1C(=O)O. The van der Waals surface area contributed by atoms with Crippen molar-refractivity contribution in [3.63, 3.8) is 0 Å². The monoisotopic (exact) mass is 348 g/mol. The number of hydrogen-bond acceptors (Lipinski definition) is 4. The summed E-state index contributed by atoms with van der Waals surface area (Å²) >= 11 is 0. The topological polar surface area (TPSA) is 78.9 Å². The number of carbonyl (C=O) groups excluding carboxylic acids is 1. The second kappa shape index (κ2) is 8.34. The molecular formula is C19H28N2O4. The predicted molar refractivity (Wildman–Crippen MR) is 95.5 cm³/mol. The zero-order valence-electron chi connectivity index (χ0n) is 15.2. The van der Waals surface area contributed by atoms with Gasteiger partial charge in [0.15, 0.2) is 0 Å². The van der Waals surface area contributed by atoms with Crippen LogP contribution in [0, 0.1) is 0 Å². The summed E-state index contributed by atoms with van der Waals surface area (Å²) in [7, 11) is 0. The van der Waals surface area contributed by atoms with E-state index in [0.717, 1.165) is 18.5 Å². The minimum atomic E-state index is -0.798. The summed E-state index contributed by atoms with van der Waals surface area (Å²) in [5.74, 6) is -0.798. The van der Waals surface area contributed by atoms with Gasteiger partial charge in [-0.25, -0.2) is 4.79 Å².